The average Bonchev–Trinajstić information content (AvgIpc) is 3.51. The highest BCUT2D eigenvalue weighted by Gasteiger charge is 2.34. The van der Waals surface area contributed by atoms with E-state index in [9.17, 15) is 13.5 Å². The van der Waals surface area contributed by atoms with Crippen LogP contribution in [0.4, 0.5) is 32.1 Å². The molecule has 206 valence electrons. The molecule has 1 aliphatic rings. The fourth-order valence-electron chi connectivity index (χ4n) is 4.41. The summed E-state index contributed by atoms with van der Waals surface area (Å²) in [6.45, 7) is 3.87. The van der Waals surface area contributed by atoms with Crippen molar-refractivity contribution in [1.82, 2.24) is 29.9 Å². The van der Waals surface area contributed by atoms with Gasteiger partial charge >= 0.3 is 0 Å². The van der Waals surface area contributed by atoms with Gasteiger partial charge in [0.1, 0.15) is 11.5 Å². The summed E-state index contributed by atoms with van der Waals surface area (Å²) in [5.74, 6) is -1.07. The number of benzene rings is 1. The van der Waals surface area contributed by atoms with E-state index in [0.717, 1.165) is 47.4 Å². The van der Waals surface area contributed by atoms with Crippen LogP contribution in [0, 0.1) is 25.5 Å². The van der Waals surface area contributed by atoms with Crippen LogP contribution in [0.25, 0.3) is 11.3 Å². The third kappa shape index (κ3) is 5.34. The minimum atomic E-state index is -3.83. The van der Waals surface area contributed by atoms with Crippen molar-refractivity contribution >= 4 is 33.1 Å². The summed E-state index contributed by atoms with van der Waals surface area (Å²) in [5, 5.41) is 24.2. The maximum atomic E-state index is 15.2. The van der Waals surface area contributed by atoms with Gasteiger partial charge in [0, 0.05) is 42.4 Å². The minimum Gasteiger partial charge on any atom is -0.394 e. The van der Waals surface area contributed by atoms with Gasteiger partial charge in [-0.3, -0.25) is 9.78 Å². The molecule has 0 radical (unpaired) electrons. The fourth-order valence-corrected chi connectivity index (χ4v) is 5.05. The molecule has 3 aromatic heterocycles. The molecule has 1 fully saturated rings. The van der Waals surface area contributed by atoms with E-state index in [4.69, 9.17) is 4.98 Å². The number of nitrogens with one attached hydrogen (secondary N) is 2. The van der Waals surface area contributed by atoms with Crippen molar-refractivity contribution in [1.29, 1.82) is 0 Å². The van der Waals surface area contributed by atoms with Gasteiger partial charge in [-0.1, -0.05) is 0 Å². The monoisotopic (exact) mass is 558 g/mol. The van der Waals surface area contributed by atoms with E-state index in [1.165, 1.54) is 7.05 Å². The molecule has 1 aliphatic carbocycles. The van der Waals surface area contributed by atoms with Crippen molar-refractivity contribution in [3.05, 3.63) is 53.0 Å². The number of sulfone groups is 1. The molecule has 0 atom stereocenters. The van der Waals surface area contributed by atoms with E-state index in [1.807, 2.05) is 13.8 Å². The maximum absolute atomic E-state index is 15.2. The number of aliphatic hydroxyl groups is 1. The highest BCUT2D eigenvalue weighted by atomic mass is 32.2. The van der Waals surface area contributed by atoms with Crippen LogP contribution in [0.1, 0.15) is 35.7 Å². The first kappa shape index (κ1) is 26.7. The van der Waals surface area contributed by atoms with Gasteiger partial charge in [0.05, 0.1) is 29.4 Å². The molecule has 11 nitrogen and oxygen atoms in total. The second-order valence-electron chi connectivity index (χ2n) is 9.65. The Morgan fingerprint density at radius 2 is 1.87 bits per heavy atom. The van der Waals surface area contributed by atoms with Crippen LogP contribution in [0.15, 0.2) is 29.3 Å². The summed E-state index contributed by atoms with van der Waals surface area (Å²) in [5.41, 5.74) is 3.05. The minimum absolute atomic E-state index is 0.0247. The Morgan fingerprint density at radius 3 is 2.44 bits per heavy atom. The van der Waals surface area contributed by atoms with Gasteiger partial charge in [0.2, 0.25) is 5.95 Å². The number of nitrogens with zero attached hydrogens (tertiary/aromatic N) is 6. The van der Waals surface area contributed by atoms with Crippen molar-refractivity contribution in [2.75, 3.05) is 30.1 Å². The number of aromatic nitrogens is 6. The van der Waals surface area contributed by atoms with E-state index < -0.39 is 32.1 Å². The molecule has 1 saturated carbocycles. The van der Waals surface area contributed by atoms with Crippen LogP contribution in [-0.4, -0.2) is 63.4 Å². The van der Waals surface area contributed by atoms with Crippen LogP contribution in [0.3, 0.4) is 0 Å². The highest BCUT2D eigenvalue weighted by molar-refractivity contribution is 7.90. The van der Waals surface area contributed by atoms with Gasteiger partial charge in [-0.05, 0) is 44.7 Å². The molecule has 0 saturated heterocycles. The van der Waals surface area contributed by atoms with Gasteiger partial charge < -0.3 is 15.3 Å². The number of aromatic amines is 1. The van der Waals surface area contributed by atoms with E-state index in [2.05, 4.69) is 25.6 Å². The second kappa shape index (κ2) is 10.0. The zero-order chi connectivity index (χ0) is 28.1. The summed E-state index contributed by atoms with van der Waals surface area (Å²) >= 11 is 0. The first-order valence-corrected chi connectivity index (χ1v) is 14.1. The number of H-pyrrole nitrogens is 1. The number of halogens is 2. The van der Waals surface area contributed by atoms with Crippen LogP contribution in [0.2, 0.25) is 0 Å². The van der Waals surface area contributed by atoms with Gasteiger partial charge in [-0.25, -0.2) is 22.2 Å². The molecule has 3 heterocycles. The molecule has 4 aromatic rings. The topological polar surface area (TPSA) is 142 Å². The van der Waals surface area contributed by atoms with Crippen LogP contribution in [0.5, 0.6) is 0 Å². The zero-order valence-corrected chi connectivity index (χ0v) is 22.6. The van der Waals surface area contributed by atoms with Crippen molar-refractivity contribution in [3.8, 4) is 11.3 Å². The third-order valence-corrected chi connectivity index (χ3v) is 7.55. The first-order valence-electron chi connectivity index (χ1n) is 12.2. The molecule has 0 aliphatic heterocycles. The predicted octanol–water partition coefficient (Wildman–Crippen LogP) is 3.74. The molecule has 5 rings (SSSR count). The van der Waals surface area contributed by atoms with Gasteiger partial charge in [0.25, 0.3) is 0 Å². The lowest BCUT2D eigenvalue weighted by Gasteiger charge is -2.22. The number of hydrogen-bond donors (Lipinski definition) is 3. The number of rotatable bonds is 9. The predicted molar refractivity (Wildman–Crippen MR) is 141 cm³/mol. The number of aliphatic hydroxyl groups excluding tert-OH is 1. The number of hydrogen-bond acceptors (Lipinski definition) is 9. The maximum Gasteiger partial charge on any atom is 0.232 e. The largest absolute Gasteiger partial charge is 0.394 e. The quantitative estimate of drug-likeness (QED) is 0.280. The molecule has 0 unspecified atom stereocenters. The Balaban J connectivity index is 1.70. The summed E-state index contributed by atoms with van der Waals surface area (Å²) in [7, 11) is -2.42. The molecule has 39 heavy (non-hydrogen) atoms. The van der Waals surface area contributed by atoms with E-state index >= 15 is 8.78 Å². The van der Waals surface area contributed by atoms with Crippen LogP contribution >= 0.6 is 0 Å². The van der Waals surface area contributed by atoms with Crippen LogP contribution in [-0.2, 0) is 16.4 Å². The SMILES string of the molecule is Cc1cc(Nc2nc(N(C)c3c(F)cc(S(C)(=O)=O)cc3F)nc(-c3cn(CCO)nc3C)c2C2CC2)n[nH]1. The Morgan fingerprint density at radius 1 is 1.18 bits per heavy atom. The van der Waals surface area contributed by atoms with Gasteiger partial charge in [0.15, 0.2) is 27.3 Å². The molecule has 3 N–H and O–H groups in total. The van der Waals surface area contributed by atoms with E-state index in [-0.39, 0.29) is 25.0 Å². The molecular formula is C25H28F2N8O3S. The van der Waals surface area contributed by atoms with Gasteiger partial charge in [-0.2, -0.15) is 15.2 Å². The summed E-state index contributed by atoms with van der Waals surface area (Å²) < 4.78 is 55.7. The lowest BCUT2D eigenvalue weighted by molar-refractivity contribution is 0.269. The van der Waals surface area contributed by atoms with E-state index in [1.54, 1.807) is 16.9 Å². The number of anilines is 4. The van der Waals surface area contributed by atoms with Crippen molar-refractivity contribution < 1.29 is 22.3 Å². The molecule has 1 aromatic carbocycles. The van der Waals surface area contributed by atoms with Gasteiger partial charge in [-0.15, -0.1) is 0 Å². The Hall–Kier alpha value is -3.91. The molecule has 0 spiro atoms. The van der Waals surface area contributed by atoms with Crippen molar-refractivity contribution in [2.24, 2.45) is 0 Å². The normalized spacial score (nSPS) is 13.6. The summed E-state index contributed by atoms with van der Waals surface area (Å²) in [4.78, 5) is 10.1. The highest BCUT2D eigenvalue weighted by Crippen LogP contribution is 2.48. The van der Waals surface area contributed by atoms with Crippen molar-refractivity contribution in [2.45, 2.75) is 44.0 Å². The molecular weight excluding hydrogens is 530 g/mol. The first-order chi connectivity index (χ1) is 18.5. The Labute approximate surface area is 223 Å². The molecule has 0 amide bonds. The smallest absolute Gasteiger partial charge is 0.232 e. The number of aryl methyl sites for hydroxylation is 2. The second-order valence-corrected chi connectivity index (χ2v) is 11.7. The molecule has 0 bridgehead atoms. The zero-order valence-electron chi connectivity index (χ0n) is 21.8. The standard InChI is InChI=1S/C25H28F2N8O3S/c1-13-9-20(32-31-13)28-24-21(15-5-6-15)22(17-12-35(7-8-36)33-14(17)2)29-25(30-24)34(3)23-18(26)10-16(11-19(23)27)39(4,37)38/h9-12,15,36H,5-8H2,1-4H3,(H2,28,29,30,31,32). The molecule has 14 heteroatoms. The third-order valence-electron chi connectivity index (χ3n) is 6.46. The Bertz CT molecular complexity index is 1640. The van der Waals surface area contributed by atoms with Crippen LogP contribution < -0.4 is 10.2 Å². The lowest BCUT2D eigenvalue weighted by atomic mass is 10.0. The van der Waals surface area contributed by atoms with E-state index in [0.29, 0.717) is 28.6 Å². The van der Waals surface area contributed by atoms with Crippen molar-refractivity contribution in [3.63, 3.8) is 0 Å². The summed E-state index contributed by atoms with van der Waals surface area (Å²) in [6, 6.07) is 3.35. The lowest BCUT2D eigenvalue weighted by Crippen LogP contribution is -2.19. The average molecular weight is 559 g/mol. The Kier molecular flexibility index (Phi) is 6.84. The summed E-state index contributed by atoms with van der Waals surface area (Å²) in [6.07, 6.45) is 4.48. The fraction of sp³-hybridized carbons (Fsp3) is 0.360.